The van der Waals surface area contributed by atoms with Gasteiger partial charge in [-0.3, -0.25) is 0 Å². The molecule has 0 aromatic rings. The number of nitrogens with one attached hydrogen (secondary N) is 1. The van der Waals surface area contributed by atoms with Gasteiger partial charge in [-0.1, -0.05) is 0 Å². The Morgan fingerprint density at radius 2 is 1.62 bits per heavy atom. The highest BCUT2D eigenvalue weighted by atomic mass is 35.5. The molecule has 26 heavy (non-hydrogen) atoms. The molecule has 5 fully saturated rings. The number of halogens is 1. The maximum absolute atomic E-state index is 5.93. The summed E-state index contributed by atoms with van der Waals surface area (Å²) in [6.07, 6.45) is 9.03. The molecule has 3 aliphatic heterocycles. The second-order valence-corrected chi connectivity index (χ2v) is 9.14. The molecule has 5 aliphatic rings. The minimum atomic E-state index is 0. The van der Waals surface area contributed by atoms with Crippen LogP contribution in [0.15, 0.2) is 0 Å². The number of piperidine rings is 2. The number of hydrogen-bond acceptors (Lipinski definition) is 4. The van der Waals surface area contributed by atoms with Crippen LogP contribution in [0.2, 0.25) is 0 Å². The first kappa shape index (κ1) is 19.4. The Bertz CT molecular complexity index is 494. The third-order valence-corrected chi connectivity index (χ3v) is 8.35. The first-order chi connectivity index (χ1) is 12.3. The van der Waals surface area contributed by atoms with Crippen LogP contribution in [0.5, 0.6) is 0 Å². The van der Waals surface area contributed by atoms with Crippen LogP contribution in [0.4, 0.5) is 0 Å². The van der Waals surface area contributed by atoms with Crippen LogP contribution >= 0.6 is 0 Å². The quantitative estimate of drug-likeness (QED) is 0.588. The fourth-order valence-corrected chi connectivity index (χ4v) is 7.16. The molecule has 0 aromatic heterocycles. The van der Waals surface area contributed by atoms with Gasteiger partial charge >= 0.3 is 0 Å². The standard InChI is InChI=1S/C20H33NO4.ClH/c1-22-17-4-3-12-7-16-14-9-19-18(24-11-25-19)8-13(14)5-6-21(16)10-15(12)20(17)23-2;/h12-20H,3-11H2,1-2H3;1H. The zero-order valence-electron chi connectivity index (χ0n) is 16.1. The van der Waals surface area contributed by atoms with Crippen LogP contribution < -0.4 is 17.3 Å². The Kier molecular flexibility index (Phi) is 5.85. The summed E-state index contributed by atoms with van der Waals surface area (Å²) in [7, 11) is 3.73. The molecule has 10 unspecified atom stereocenters. The van der Waals surface area contributed by atoms with E-state index in [1.54, 1.807) is 0 Å². The minimum absolute atomic E-state index is 0. The number of rotatable bonds is 2. The molecule has 0 spiro atoms. The highest BCUT2D eigenvalue weighted by molar-refractivity contribution is 4.98. The molecule has 0 amide bonds. The summed E-state index contributed by atoms with van der Waals surface area (Å²) in [6, 6.07) is 0.835. The summed E-state index contributed by atoms with van der Waals surface area (Å²) in [5.41, 5.74) is 0. The molecule has 3 heterocycles. The monoisotopic (exact) mass is 387 g/mol. The molecule has 2 aliphatic carbocycles. The van der Waals surface area contributed by atoms with Gasteiger partial charge in [0.25, 0.3) is 0 Å². The zero-order chi connectivity index (χ0) is 17.0. The normalized spacial score (nSPS) is 52.8. The topological polar surface area (TPSA) is 41.4 Å². The summed E-state index contributed by atoms with van der Waals surface area (Å²) in [4.78, 5) is 1.85. The number of quaternary nitrogens is 1. The van der Waals surface area contributed by atoms with Crippen molar-refractivity contribution in [1.29, 1.82) is 0 Å². The van der Waals surface area contributed by atoms with Crippen LogP contribution in [0.1, 0.15) is 38.5 Å². The van der Waals surface area contributed by atoms with E-state index in [0.29, 0.717) is 31.0 Å². The maximum atomic E-state index is 5.93. The average molecular weight is 388 g/mol. The van der Waals surface area contributed by atoms with Gasteiger partial charge in [-0.25, -0.2) is 0 Å². The SMILES string of the molecule is COC1CCC2CC3C4CC5OCOC5CC4CC[NH+]3CC2C1OC.[Cl-]. The molecule has 6 heteroatoms. The van der Waals surface area contributed by atoms with Crippen LogP contribution in [-0.2, 0) is 18.9 Å². The molecule has 0 radical (unpaired) electrons. The molecule has 0 aromatic carbocycles. The Hall–Kier alpha value is 0.0900. The Morgan fingerprint density at radius 3 is 2.38 bits per heavy atom. The van der Waals surface area contributed by atoms with Gasteiger partial charge in [0, 0.05) is 32.5 Å². The lowest BCUT2D eigenvalue weighted by atomic mass is 9.62. The van der Waals surface area contributed by atoms with Gasteiger partial charge in [-0.2, -0.15) is 0 Å². The number of ether oxygens (including phenoxy) is 4. The molecule has 150 valence electrons. The molecule has 3 saturated heterocycles. The first-order valence-corrected chi connectivity index (χ1v) is 10.4. The second kappa shape index (κ2) is 7.84. The first-order valence-electron chi connectivity index (χ1n) is 10.4. The fourth-order valence-electron chi connectivity index (χ4n) is 7.16. The molecule has 2 saturated carbocycles. The Balaban J connectivity index is 0.00000168. The van der Waals surface area contributed by atoms with Crippen molar-refractivity contribution in [2.24, 2.45) is 23.7 Å². The average Bonchev–Trinajstić information content (AvgIpc) is 3.11. The van der Waals surface area contributed by atoms with E-state index in [9.17, 15) is 0 Å². The summed E-state index contributed by atoms with van der Waals surface area (Å²) >= 11 is 0. The highest BCUT2D eigenvalue weighted by Crippen LogP contribution is 2.45. The van der Waals surface area contributed by atoms with Gasteiger partial charge < -0.3 is 36.3 Å². The second-order valence-electron chi connectivity index (χ2n) is 9.14. The summed E-state index contributed by atoms with van der Waals surface area (Å²) in [6.45, 7) is 3.14. The summed E-state index contributed by atoms with van der Waals surface area (Å²) in [5, 5.41) is 0. The van der Waals surface area contributed by atoms with Gasteiger partial charge in [-0.05, 0) is 43.9 Å². The smallest absolute Gasteiger partial charge is 0.147 e. The molecule has 5 rings (SSSR count). The lowest BCUT2D eigenvalue weighted by Gasteiger charge is -2.54. The van der Waals surface area contributed by atoms with E-state index in [1.807, 2.05) is 19.1 Å². The molecule has 10 atom stereocenters. The van der Waals surface area contributed by atoms with Crippen molar-refractivity contribution >= 4 is 0 Å². The van der Waals surface area contributed by atoms with Gasteiger partial charge in [-0.15, -0.1) is 0 Å². The van der Waals surface area contributed by atoms with E-state index < -0.39 is 0 Å². The highest BCUT2D eigenvalue weighted by Gasteiger charge is 2.55. The number of fused-ring (bicyclic) bond motifs is 5. The van der Waals surface area contributed by atoms with Gasteiger partial charge in [0.2, 0.25) is 0 Å². The number of methoxy groups -OCH3 is 2. The van der Waals surface area contributed by atoms with Crippen molar-refractivity contribution in [3.05, 3.63) is 0 Å². The van der Waals surface area contributed by atoms with Crippen molar-refractivity contribution in [2.75, 3.05) is 34.1 Å². The molecular weight excluding hydrogens is 354 g/mol. The van der Waals surface area contributed by atoms with Crippen molar-refractivity contribution in [3.8, 4) is 0 Å². The third-order valence-electron chi connectivity index (χ3n) is 8.35. The van der Waals surface area contributed by atoms with E-state index >= 15 is 0 Å². The lowest BCUT2D eigenvalue weighted by Crippen LogP contribution is -3.20. The largest absolute Gasteiger partial charge is 1.00 e. The van der Waals surface area contributed by atoms with E-state index in [0.717, 1.165) is 30.2 Å². The van der Waals surface area contributed by atoms with Crippen LogP contribution in [0, 0.1) is 23.7 Å². The van der Waals surface area contributed by atoms with Crippen LogP contribution in [0.3, 0.4) is 0 Å². The van der Waals surface area contributed by atoms with E-state index in [4.69, 9.17) is 18.9 Å². The predicted octanol–water partition coefficient (Wildman–Crippen LogP) is -2.12. The molecule has 1 N–H and O–H groups in total. The van der Waals surface area contributed by atoms with E-state index in [1.165, 1.54) is 45.2 Å². The van der Waals surface area contributed by atoms with E-state index in [-0.39, 0.29) is 18.5 Å². The minimum Gasteiger partial charge on any atom is -1.00 e. The predicted molar refractivity (Wildman–Crippen MR) is 92.4 cm³/mol. The summed E-state index contributed by atoms with van der Waals surface area (Å²) in [5.74, 6) is 3.20. The van der Waals surface area contributed by atoms with Crippen molar-refractivity contribution in [1.82, 2.24) is 0 Å². The van der Waals surface area contributed by atoms with Crippen molar-refractivity contribution in [2.45, 2.75) is 69.0 Å². The van der Waals surface area contributed by atoms with E-state index in [2.05, 4.69) is 0 Å². The fraction of sp³-hybridized carbons (Fsp3) is 1.00. The molecule has 5 nitrogen and oxygen atoms in total. The van der Waals surface area contributed by atoms with Crippen LogP contribution in [0.25, 0.3) is 0 Å². The van der Waals surface area contributed by atoms with Crippen molar-refractivity contribution in [3.63, 3.8) is 0 Å². The van der Waals surface area contributed by atoms with Gasteiger partial charge in [0.15, 0.2) is 0 Å². The lowest BCUT2D eigenvalue weighted by molar-refractivity contribution is -0.948. The molecule has 0 bridgehead atoms. The maximum Gasteiger partial charge on any atom is 0.147 e. The van der Waals surface area contributed by atoms with Gasteiger partial charge in [0.1, 0.15) is 6.79 Å². The van der Waals surface area contributed by atoms with Gasteiger partial charge in [0.05, 0.1) is 43.5 Å². The Labute approximate surface area is 163 Å². The third kappa shape index (κ3) is 3.13. The molecular formula is C20H34ClNO4. The Morgan fingerprint density at radius 1 is 0.846 bits per heavy atom. The van der Waals surface area contributed by atoms with Crippen molar-refractivity contribution < 1.29 is 36.3 Å². The number of hydrogen-bond donors (Lipinski definition) is 1. The van der Waals surface area contributed by atoms with Crippen LogP contribution in [-0.4, -0.2) is 64.6 Å². The summed E-state index contributed by atoms with van der Waals surface area (Å²) < 4.78 is 23.4. The zero-order valence-corrected chi connectivity index (χ0v) is 16.8.